The van der Waals surface area contributed by atoms with Crippen LogP contribution in [0.1, 0.15) is 56.4 Å². The second-order valence-electron chi connectivity index (χ2n) is 8.00. The number of sulfonamides is 1. The Hall–Kier alpha value is -2.95. The van der Waals surface area contributed by atoms with Gasteiger partial charge in [0.2, 0.25) is 15.0 Å². The minimum absolute atomic E-state index is 0.115. The highest BCUT2D eigenvalue weighted by atomic mass is 32.2. The number of nitrogens with zero attached hydrogens (tertiary/aromatic N) is 3. The molecule has 2 aromatic carbocycles. The number of rotatable bonds is 6. The maximum Gasteiger partial charge on any atom is 0.286 e. The van der Waals surface area contributed by atoms with Gasteiger partial charge in [-0.1, -0.05) is 41.7 Å². The van der Waals surface area contributed by atoms with Crippen LogP contribution in [0.4, 0.5) is 5.69 Å². The summed E-state index contributed by atoms with van der Waals surface area (Å²) in [6, 6.07) is 13.5. The van der Waals surface area contributed by atoms with Crippen molar-refractivity contribution in [2.24, 2.45) is 0 Å². The van der Waals surface area contributed by atoms with Crippen LogP contribution in [0.2, 0.25) is 0 Å². The second kappa shape index (κ2) is 9.50. The molecule has 4 rings (SSSR count). The summed E-state index contributed by atoms with van der Waals surface area (Å²) in [6.07, 6.45) is 1.45. The molecule has 0 aliphatic carbocycles. The quantitative estimate of drug-likeness (QED) is 0.532. The van der Waals surface area contributed by atoms with Crippen LogP contribution in [0.25, 0.3) is 0 Å². The van der Waals surface area contributed by atoms with Gasteiger partial charge in [0.05, 0.1) is 4.90 Å². The number of ketones is 1. The number of para-hydroxylation sites is 1. The Bertz CT molecular complexity index is 1290. The molecular formula is C23H24N4O4S2. The summed E-state index contributed by atoms with van der Waals surface area (Å²) in [7, 11) is -3.70. The number of Topliss-reactive ketones (excluding diaryl/α,β-unsaturated/α-hetero) is 1. The number of benzene rings is 2. The number of aryl methyl sites for hydroxylation is 1. The van der Waals surface area contributed by atoms with Gasteiger partial charge < -0.3 is 5.32 Å². The molecule has 1 aliphatic heterocycles. The van der Waals surface area contributed by atoms with E-state index in [4.69, 9.17) is 0 Å². The van der Waals surface area contributed by atoms with Crippen LogP contribution in [0, 0.1) is 6.92 Å². The summed E-state index contributed by atoms with van der Waals surface area (Å²) in [6.45, 7) is 4.03. The zero-order valence-electron chi connectivity index (χ0n) is 18.3. The van der Waals surface area contributed by atoms with Gasteiger partial charge in [-0.2, -0.15) is 4.31 Å². The van der Waals surface area contributed by atoms with E-state index in [0.29, 0.717) is 29.2 Å². The third-order valence-corrected chi connectivity index (χ3v) is 8.62. The van der Waals surface area contributed by atoms with E-state index in [1.807, 2.05) is 31.2 Å². The maximum atomic E-state index is 13.1. The highest BCUT2D eigenvalue weighted by Crippen LogP contribution is 2.32. The molecule has 1 N–H and O–H groups in total. The largest absolute Gasteiger partial charge is 0.320 e. The Morgan fingerprint density at radius 3 is 2.52 bits per heavy atom. The molecule has 172 valence electrons. The molecule has 1 aromatic heterocycles. The first kappa shape index (κ1) is 23.2. The van der Waals surface area contributed by atoms with Crippen LogP contribution in [-0.2, 0) is 10.0 Å². The standard InChI is InChI=1S/C23H24N4O4S2/c1-15-6-3-4-8-20(15)24-21(29)23-26-25-22(32-23)18-7-5-13-27(14-18)33(30,31)19-11-9-17(10-12-19)16(2)28/h3-4,6,8-12,18H,5,7,13-14H2,1-2H3,(H,24,29). The van der Waals surface area contributed by atoms with Crippen molar-refractivity contribution < 1.29 is 18.0 Å². The molecule has 0 bridgehead atoms. The Kier molecular flexibility index (Phi) is 6.68. The Morgan fingerprint density at radius 1 is 1.09 bits per heavy atom. The zero-order chi connectivity index (χ0) is 23.6. The average Bonchev–Trinajstić information content (AvgIpc) is 3.31. The smallest absolute Gasteiger partial charge is 0.286 e. The average molecular weight is 485 g/mol. The first-order chi connectivity index (χ1) is 15.8. The Balaban J connectivity index is 1.47. The van der Waals surface area contributed by atoms with Crippen LogP contribution in [0.5, 0.6) is 0 Å². The summed E-state index contributed by atoms with van der Waals surface area (Å²) >= 11 is 1.19. The molecule has 8 nitrogen and oxygen atoms in total. The first-order valence-electron chi connectivity index (χ1n) is 10.6. The lowest BCUT2D eigenvalue weighted by Gasteiger charge is -2.30. The summed E-state index contributed by atoms with van der Waals surface area (Å²) in [5, 5.41) is 12.0. The van der Waals surface area contributed by atoms with Crippen LogP contribution in [0.3, 0.4) is 0 Å². The maximum absolute atomic E-state index is 13.1. The van der Waals surface area contributed by atoms with Gasteiger partial charge in [-0.15, -0.1) is 10.2 Å². The molecule has 3 aromatic rings. The number of hydrogen-bond acceptors (Lipinski definition) is 7. The fourth-order valence-electron chi connectivity index (χ4n) is 3.75. The predicted molar refractivity (Wildman–Crippen MR) is 126 cm³/mol. The SMILES string of the molecule is CC(=O)c1ccc(S(=O)(=O)N2CCCC(c3nnc(C(=O)Nc4ccccc4C)s3)C2)cc1. The van der Waals surface area contributed by atoms with Gasteiger partial charge in [0.1, 0.15) is 5.01 Å². The van der Waals surface area contributed by atoms with E-state index in [0.717, 1.165) is 12.0 Å². The molecule has 0 radical (unpaired) electrons. The van der Waals surface area contributed by atoms with Crippen LogP contribution < -0.4 is 5.32 Å². The fourth-order valence-corrected chi connectivity index (χ4v) is 6.14. The summed E-state index contributed by atoms with van der Waals surface area (Å²) < 4.78 is 27.7. The number of amides is 1. The number of piperidine rings is 1. The molecule has 10 heteroatoms. The van der Waals surface area contributed by atoms with Crippen molar-refractivity contribution in [1.82, 2.24) is 14.5 Å². The molecule has 1 atom stereocenters. The lowest BCUT2D eigenvalue weighted by molar-refractivity contribution is 0.101. The summed E-state index contributed by atoms with van der Waals surface area (Å²) in [5.74, 6) is -0.586. The van der Waals surface area contributed by atoms with Crippen molar-refractivity contribution in [1.29, 1.82) is 0 Å². The molecule has 33 heavy (non-hydrogen) atoms. The van der Waals surface area contributed by atoms with E-state index in [1.54, 1.807) is 0 Å². The number of nitrogens with one attached hydrogen (secondary N) is 1. The van der Waals surface area contributed by atoms with E-state index in [2.05, 4.69) is 15.5 Å². The molecule has 1 saturated heterocycles. The molecule has 1 amide bonds. The molecule has 2 heterocycles. The predicted octanol–water partition coefficient (Wildman–Crippen LogP) is 3.87. The second-order valence-corrected chi connectivity index (χ2v) is 10.9. The third-order valence-electron chi connectivity index (χ3n) is 5.66. The number of carbonyl (C=O) groups is 2. The van der Waals surface area contributed by atoms with Gasteiger partial charge in [0, 0.05) is 30.3 Å². The van der Waals surface area contributed by atoms with Gasteiger partial charge in [-0.05, 0) is 50.5 Å². The van der Waals surface area contributed by atoms with Crippen LogP contribution in [-0.4, -0.2) is 47.7 Å². The van der Waals surface area contributed by atoms with Gasteiger partial charge in [0.15, 0.2) is 5.78 Å². The number of anilines is 1. The lowest BCUT2D eigenvalue weighted by atomic mass is 10.0. The Labute approximate surface area is 196 Å². The monoisotopic (exact) mass is 484 g/mol. The van der Waals surface area contributed by atoms with E-state index in [9.17, 15) is 18.0 Å². The van der Waals surface area contributed by atoms with Crippen molar-refractivity contribution in [2.75, 3.05) is 18.4 Å². The Morgan fingerprint density at radius 2 is 1.82 bits per heavy atom. The van der Waals surface area contributed by atoms with Crippen molar-refractivity contribution in [3.05, 3.63) is 69.7 Å². The summed E-state index contributed by atoms with van der Waals surface area (Å²) in [5.41, 5.74) is 2.13. The molecule has 1 unspecified atom stereocenters. The van der Waals surface area contributed by atoms with Crippen molar-refractivity contribution in [3.63, 3.8) is 0 Å². The molecule has 0 saturated carbocycles. The van der Waals surface area contributed by atoms with E-state index in [1.165, 1.54) is 46.8 Å². The molecule has 0 spiro atoms. The molecule has 1 fully saturated rings. The van der Waals surface area contributed by atoms with E-state index in [-0.39, 0.29) is 34.1 Å². The number of aromatic nitrogens is 2. The highest BCUT2D eigenvalue weighted by molar-refractivity contribution is 7.89. The fraction of sp³-hybridized carbons (Fsp3) is 0.304. The third kappa shape index (κ3) is 5.02. The minimum atomic E-state index is -3.70. The van der Waals surface area contributed by atoms with Gasteiger partial charge in [-0.25, -0.2) is 8.42 Å². The van der Waals surface area contributed by atoms with Crippen molar-refractivity contribution >= 4 is 38.7 Å². The minimum Gasteiger partial charge on any atom is -0.320 e. The number of carbonyl (C=O) groups excluding carboxylic acids is 2. The van der Waals surface area contributed by atoms with Gasteiger partial charge in [0.25, 0.3) is 5.91 Å². The highest BCUT2D eigenvalue weighted by Gasteiger charge is 2.33. The van der Waals surface area contributed by atoms with Crippen molar-refractivity contribution in [2.45, 2.75) is 37.5 Å². The number of hydrogen-bond donors (Lipinski definition) is 1. The first-order valence-corrected chi connectivity index (χ1v) is 12.8. The van der Waals surface area contributed by atoms with E-state index < -0.39 is 10.0 Å². The van der Waals surface area contributed by atoms with Gasteiger partial charge >= 0.3 is 0 Å². The van der Waals surface area contributed by atoms with Crippen molar-refractivity contribution in [3.8, 4) is 0 Å². The van der Waals surface area contributed by atoms with Crippen LogP contribution in [0.15, 0.2) is 53.4 Å². The summed E-state index contributed by atoms with van der Waals surface area (Å²) in [4.78, 5) is 24.2. The van der Waals surface area contributed by atoms with E-state index >= 15 is 0 Å². The zero-order valence-corrected chi connectivity index (χ0v) is 19.9. The van der Waals surface area contributed by atoms with Gasteiger partial charge in [-0.3, -0.25) is 9.59 Å². The lowest BCUT2D eigenvalue weighted by Crippen LogP contribution is -2.39. The molecular weight excluding hydrogens is 460 g/mol. The normalized spacial score (nSPS) is 17.0. The topological polar surface area (TPSA) is 109 Å². The van der Waals surface area contributed by atoms with Crippen LogP contribution >= 0.6 is 11.3 Å². The molecule has 1 aliphatic rings.